The molecule has 0 unspecified atom stereocenters. The van der Waals surface area contributed by atoms with Crippen LogP contribution in [0.15, 0.2) is 0 Å². The lowest BCUT2D eigenvalue weighted by Crippen LogP contribution is -2.03. The molecular formula is C10H19ClO2. The topological polar surface area (TPSA) is 26.3 Å². The number of rotatable bonds is 8. The third kappa shape index (κ3) is 9.68. The van der Waals surface area contributed by atoms with Crippen LogP contribution in [0, 0.1) is 0 Å². The summed E-state index contributed by atoms with van der Waals surface area (Å²) in [6.45, 7) is 2.32. The van der Waals surface area contributed by atoms with E-state index in [1.165, 1.54) is 12.8 Å². The molecule has 0 aromatic heterocycles. The van der Waals surface area contributed by atoms with E-state index >= 15 is 0 Å². The fourth-order valence-corrected chi connectivity index (χ4v) is 1.32. The van der Waals surface area contributed by atoms with Gasteiger partial charge in [-0.05, 0) is 19.8 Å². The summed E-state index contributed by atoms with van der Waals surface area (Å²) in [6.07, 6.45) is 6.05. The van der Waals surface area contributed by atoms with Gasteiger partial charge < -0.3 is 4.74 Å². The van der Waals surface area contributed by atoms with Crippen LogP contribution in [0.25, 0.3) is 0 Å². The Bertz CT molecular complexity index is 126. The van der Waals surface area contributed by atoms with Crippen molar-refractivity contribution in [1.82, 2.24) is 0 Å². The Hall–Kier alpha value is -0.240. The number of carbonyl (C=O) groups is 1. The second-order valence-electron chi connectivity index (χ2n) is 3.01. The van der Waals surface area contributed by atoms with E-state index in [2.05, 4.69) is 0 Å². The van der Waals surface area contributed by atoms with Gasteiger partial charge in [0.15, 0.2) is 0 Å². The van der Waals surface area contributed by atoms with Gasteiger partial charge in [0.25, 0.3) is 0 Å². The van der Waals surface area contributed by atoms with Crippen LogP contribution in [-0.2, 0) is 9.53 Å². The number of alkyl halides is 1. The summed E-state index contributed by atoms with van der Waals surface area (Å²) in [5.74, 6) is 0.678. The van der Waals surface area contributed by atoms with Crippen molar-refractivity contribution < 1.29 is 9.53 Å². The van der Waals surface area contributed by atoms with Crippen LogP contribution in [0.4, 0.5) is 0 Å². The number of hydrogen-bond donors (Lipinski definition) is 0. The molecule has 0 bridgehead atoms. The summed E-state index contributed by atoms with van der Waals surface area (Å²) >= 11 is 5.53. The molecule has 0 atom stereocenters. The van der Waals surface area contributed by atoms with E-state index < -0.39 is 0 Å². The Kier molecular flexibility index (Phi) is 9.66. The van der Waals surface area contributed by atoms with Gasteiger partial charge in [-0.25, -0.2) is 0 Å². The molecule has 0 aliphatic carbocycles. The Balaban J connectivity index is 3.02. The zero-order valence-corrected chi connectivity index (χ0v) is 9.11. The van der Waals surface area contributed by atoms with Crippen molar-refractivity contribution in [2.45, 2.75) is 45.4 Å². The van der Waals surface area contributed by atoms with Crippen LogP contribution in [-0.4, -0.2) is 18.5 Å². The Labute approximate surface area is 85.6 Å². The third-order valence-corrected chi connectivity index (χ3v) is 2.09. The number of carbonyl (C=O) groups excluding carboxylic acids is 1. The maximum Gasteiger partial charge on any atom is 0.305 e. The Morgan fingerprint density at radius 3 is 2.38 bits per heavy atom. The molecule has 0 N–H and O–H groups in total. The van der Waals surface area contributed by atoms with Gasteiger partial charge in [0.2, 0.25) is 0 Å². The van der Waals surface area contributed by atoms with Crippen molar-refractivity contribution in [3.05, 3.63) is 0 Å². The van der Waals surface area contributed by atoms with Crippen LogP contribution in [0.3, 0.4) is 0 Å². The monoisotopic (exact) mass is 206 g/mol. The molecule has 0 rings (SSSR count). The average Bonchev–Trinajstić information content (AvgIpc) is 2.11. The standard InChI is InChI=1S/C10H19ClO2/c1-2-13-10(12)8-6-4-3-5-7-9-11/h2-9H2,1H3. The summed E-state index contributed by atoms with van der Waals surface area (Å²) in [5, 5.41) is 0. The van der Waals surface area contributed by atoms with Crippen molar-refractivity contribution in [3.63, 3.8) is 0 Å². The first-order valence-electron chi connectivity index (χ1n) is 5.02. The molecule has 0 amide bonds. The number of unbranched alkanes of at least 4 members (excludes halogenated alkanes) is 4. The summed E-state index contributed by atoms with van der Waals surface area (Å²) in [6, 6.07) is 0. The smallest absolute Gasteiger partial charge is 0.305 e. The molecule has 0 aliphatic rings. The molecule has 0 radical (unpaired) electrons. The van der Waals surface area contributed by atoms with E-state index in [1.807, 2.05) is 6.92 Å². The maximum atomic E-state index is 10.9. The zero-order valence-electron chi connectivity index (χ0n) is 8.35. The summed E-state index contributed by atoms with van der Waals surface area (Å²) < 4.78 is 4.81. The molecule has 0 spiro atoms. The quantitative estimate of drug-likeness (QED) is 0.347. The van der Waals surface area contributed by atoms with Crippen molar-refractivity contribution in [1.29, 1.82) is 0 Å². The summed E-state index contributed by atoms with van der Waals surface area (Å²) in [7, 11) is 0. The molecule has 0 aliphatic heterocycles. The Morgan fingerprint density at radius 1 is 1.15 bits per heavy atom. The van der Waals surface area contributed by atoms with E-state index in [1.54, 1.807) is 0 Å². The molecule has 3 heteroatoms. The van der Waals surface area contributed by atoms with Crippen LogP contribution in [0.1, 0.15) is 45.4 Å². The van der Waals surface area contributed by atoms with Crippen molar-refractivity contribution in [2.75, 3.05) is 12.5 Å². The lowest BCUT2D eigenvalue weighted by molar-refractivity contribution is -0.143. The van der Waals surface area contributed by atoms with Crippen LogP contribution >= 0.6 is 11.6 Å². The lowest BCUT2D eigenvalue weighted by atomic mass is 10.1. The number of ether oxygens (including phenoxy) is 1. The minimum atomic E-state index is -0.0696. The second kappa shape index (κ2) is 9.85. The lowest BCUT2D eigenvalue weighted by Gasteiger charge is -2.01. The Morgan fingerprint density at radius 2 is 1.77 bits per heavy atom. The zero-order chi connectivity index (χ0) is 9.94. The molecule has 78 valence electrons. The highest BCUT2D eigenvalue weighted by molar-refractivity contribution is 6.17. The molecule has 0 aromatic rings. The van der Waals surface area contributed by atoms with Crippen molar-refractivity contribution in [3.8, 4) is 0 Å². The van der Waals surface area contributed by atoms with Crippen molar-refractivity contribution >= 4 is 17.6 Å². The van der Waals surface area contributed by atoms with Gasteiger partial charge in [-0.3, -0.25) is 4.79 Å². The third-order valence-electron chi connectivity index (χ3n) is 1.82. The molecule has 0 saturated carbocycles. The highest BCUT2D eigenvalue weighted by Crippen LogP contribution is 2.06. The fourth-order valence-electron chi connectivity index (χ4n) is 1.13. The first-order valence-corrected chi connectivity index (χ1v) is 5.56. The first-order chi connectivity index (χ1) is 6.31. The van der Waals surface area contributed by atoms with E-state index in [0.29, 0.717) is 13.0 Å². The minimum absolute atomic E-state index is 0.0696. The molecule has 0 saturated heterocycles. The number of hydrogen-bond acceptors (Lipinski definition) is 2. The maximum absolute atomic E-state index is 10.9. The second-order valence-corrected chi connectivity index (χ2v) is 3.39. The van der Waals surface area contributed by atoms with Gasteiger partial charge >= 0.3 is 5.97 Å². The molecule has 0 heterocycles. The van der Waals surface area contributed by atoms with Crippen molar-refractivity contribution in [2.24, 2.45) is 0 Å². The van der Waals surface area contributed by atoms with E-state index in [0.717, 1.165) is 25.1 Å². The number of esters is 1. The molecule has 13 heavy (non-hydrogen) atoms. The van der Waals surface area contributed by atoms with E-state index in [-0.39, 0.29) is 5.97 Å². The predicted octanol–water partition coefficient (Wildman–Crippen LogP) is 3.13. The van der Waals surface area contributed by atoms with Crippen LogP contribution in [0.2, 0.25) is 0 Å². The molecule has 0 fully saturated rings. The SMILES string of the molecule is CCOC(=O)CCCCCCCCl. The molecule has 2 nitrogen and oxygen atoms in total. The fraction of sp³-hybridized carbons (Fsp3) is 0.900. The summed E-state index contributed by atoms with van der Waals surface area (Å²) in [4.78, 5) is 10.9. The van der Waals surface area contributed by atoms with Gasteiger partial charge in [0.05, 0.1) is 6.61 Å². The molecular weight excluding hydrogens is 188 g/mol. The summed E-state index contributed by atoms with van der Waals surface area (Å²) in [5.41, 5.74) is 0. The predicted molar refractivity (Wildman–Crippen MR) is 55.1 cm³/mol. The highest BCUT2D eigenvalue weighted by Gasteiger charge is 1.99. The highest BCUT2D eigenvalue weighted by atomic mass is 35.5. The van der Waals surface area contributed by atoms with Crippen LogP contribution < -0.4 is 0 Å². The largest absolute Gasteiger partial charge is 0.466 e. The number of halogens is 1. The van der Waals surface area contributed by atoms with Crippen LogP contribution in [0.5, 0.6) is 0 Å². The molecule has 0 aromatic carbocycles. The van der Waals surface area contributed by atoms with Gasteiger partial charge in [0, 0.05) is 12.3 Å². The normalized spacial score (nSPS) is 10.0. The van der Waals surface area contributed by atoms with Gasteiger partial charge in [0.1, 0.15) is 0 Å². The van der Waals surface area contributed by atoms with Gasteiger partial charge in [-0.1, -0.05) is 19.3 Å². The van der Waals surface area contributed by atoms with E-state index in [9.17, 15) is 4.79 Å². The minimum Gasteiger partial charge on any atom is -0.466 e. The first kappa shape index (κ1) is 12.8. The van der Waals surface area contributed by atoms with E-state index in [4.69, 9.17) is 16.3 Å². The van der Waals surface area contributed by atoms with Gasteiger partial charge in [-0.2, -0.15) is 0 Å². The average molecular weight is 207 g/mol. The van der Waals surface area contributed by atoms with Gasteiger partial charge in [-0.15, -0.1) is 11.6 Å².